The molecule has 0 spiro atoms. The molecule has 0 aliphatic rings. The minimum absolute atomic E-state index is 0.656. The SMILES string of the molecule is c1ccc(-c2nc(-n3c4ccccc4c4ccc5c(ccn5-c5ccccc5)c43)nc3ccn(-c4ccccc4)c23)cc1. The average molecular weight is 552 g/mol. The smallest absolute Gasteiger partial charge is 0.235 e. The zero-order chi connectivity index (χ0) is 28.3. The maximum Gasteiger partial charge on any atom is 0.235 e. The molecule has 9 rings (SSSR count). The van der Waals surface area contributed by atoms with Gasteiger partial charge in [-0.2, -0.15) is 0 Å². The standard InChI is InChI=1S/C38H25N5/c1-4-12-26(13-5-1)35-37-32(23-25-42(37)28-16-8-3-9-17-28)39-38(40-35)43-34-19-11-10-18-29(34)30-20-21-33-31(36(30)43)22-24-41(33)27-14-6-2-7-15-27/h1-25H. The lowest BCUT2D eigenvalue weighted by molar-refractivity contribution is 1.01. The maximum atomic E-state index is 5.37. The molecule has 0 aliphatic carbocycles. The maximum absolute atomic E-state index is 5.37. The van der Waals surface area contributed by atoms with Gasteiger partial charge in [0.25, 0.3) is 0 Å². The van der Waals surface area contributed by atoms with Gasteiger partial charge in [-0.1, -0.05) is 91.0 Å². The summed E-state index contributed by atoms with van der Waals surface area (Å²) in [5, 5.41) is 3.52. The predicted octanol–water partition coefficient (Wildman–Crippen LogP) is 9.13. The van der Waals surface area contributed by atoms with Gasteiger partial charge in [-0.05, 0) is 48.5 Å². The number of hydrogen-bond donors (Lipinski definition) is 0. The first kappa shape index (κ1) is 23.7. The summed E-state index contributed by atoms with van der Waals surface area (Å²) in [5.74, 6) is 0.656. The van der Waals surface area contributed by atoms with E-state index in [1.54, 1.807) is 0 Å². The van der Waals surface area contributed by atoms with Crippen LogP contribution in [0, 0.1) is 0 Å². The van der Waals surface area contributed by atoms with E-state index >= 15 is 0 Å². The summed E-state index contributed by atoms with van der Waals surface area (Å²) >= 11 is 0. The third-order valence-electron chi connectivity index (χ3n) is 8.34. The fourth-order valence-electron chi connectivity index (χ4n) is 6.43. The number of aromatic nitrogens is 5. The van der Waals surface area contributed by atoms with Crippen molar-refractivity contribution in [3.8, 4) is 28.6 Å². The molecule has 0 saturated heterocycles. The Morgan fingerprint density at radius 3 is 1.84 bits per heavy atom. The second-order valence-electron chi connectivity index (χ2n) is 10.8. The molecule has 43 heavy (non-hydrogen) atoms. The van der Waals surface area contributed by atoms with Crippen molar-refractivity contribution in [3.63, 3.8) is 0 Å². The lowest BCUT2D eigenvalue weighted by Gasteiger charge is -2.13. The van der Waals surface area contributed by atoms with Crippen LogP contribution in [0.5, 0.6) is 0 Å². The van der Waals surface area contributed by atoms with Crippen molar-refractivity contribution in [1.29, 1.82) is 0 Å². The number of hydrogen-bond acceptors (Lipinski definition) is 2. The zero-order valence-corrected chi connectivity index (χ0v) is 23.2. The molecular weight excluding hydrogens is 526 g/mol. The van der Waals surface area contributed by atoms with Crippen molar-refractivity contribution in [2.75, 3.05) is 0 Å². The van der Waals surface area contributed by atoms with Crippen LogP contribution in [0.25, 0.3) is 72.3 Å². The third-order valence-corrected chi connectivity index (χ3v) is 8.34. The molecule has 0 bridgehead atoms. The number of benzene rings is 5. The summed E-state index contributed by atoms with van der Waals surface area (Å²) in [6.45, 7) is 0. The summed E-state index contributed by atoms with van der Waals surface area (Å²) in [4.78, 5) is 10.6. The molecule has 5 nitrogen and oxygen atoms in total. The Bertz CT molecular complexity index is 2430. The number of fused-ring (bicyclic) bond motifs is 6. The van der Waals surface area contributed by atoms with E-state index in [4.69, 9.17) is 9.97 Å². The van der Waals surface area contributed by atoms with Crippen molar-refractivity contribution in [3.05, 3.63) is 152 Å². The van der Waals surface area contributed by atoms with E-state index in [0.29, 0.717) is 5.95 Å². The van der Waals surface area contributed by atoms with Crippen LogP contribution in [0.1, 0.15) is 0 Å². The first-order valence-corrected chi connectivity index (χ1v) is 14.4. The van der Waals surface area contributed by atoms with Gasteiger partial charge in [0, 0.05) is 45.5 Å². The molecule has 0 radical (unpaired) electrons. The Morgan fingerprint density at radius 2 is 1.07 bits per heavy atom. The highest BCUT2D eigenvalue weighted by atomic mass is 15.2. The summed E-state index contributed by atoms with van der Waals surface area (Å²) in [6, 6.07) is 48.6. The molecular formula is C38H25N5. The summed E-state index contributed by atoms with van der Waals surface area (Å²) in [7, 11) is 0. The van der Waals surface area contributed by atoms with Gasteiger partial charge in [0.05, 0.1) is 27.6 Å². The van der Waals surface area contributed by atoms with E-state index in [1.807, 2.05) is 18.2 Å². The monoisotopic (exact) mass is 551 g/mol. The first-order valence-electron chi connectivity index (χ1n) is 14.4. The van der Waals surface area contributed by atoms with Gasteiger partial charge in [0.15, 0.2) is 0 Å². The number of nitrogens with zero attached hydrogens (tertiary/aromatic N) is 5. The van der Waals surface area contributed by atoms with E-state index in [1.165, 1.54) is 10.8 Å². The summed E-state index contributed by atoms with van der Waals surface area (Å²) in [6.07, 6.45) is 4.25. The van der Waals surface area contributed by atoms with Crippen molar-refractivity contribution in [1.82, 2.24) is 23.7 Å². The van der Waals surface area contributed by atoms with Gasteiger partial charge in [-0.3, -0.25) is 4.57 Å². The van der Waals surface area contributed by atoms with Crippen molar-refractivity contribution in [2.24, 2.45) is 0 Å². The van der Waals surface area contributed by atoms with Gasteiger partial charge >= 0.3 is 0 Å². The number of rotatable bonds is 4. The van der Waals surface area contributed by atoms with Gasteiger partial charge in [-0.25, -0.2) is 9.97 Å². The molecule has 0 N–H and O–H groups in total. The lowest BCUT2D eigenvalue weighted by atomic mass is 10.1. The fourth-order valence-corrected chi connectivity index (χ4v) is 6.43. The normalized spacial score (nSPS) is 11.7. The molecule has 0 unspecified atom stereocenters. The van der Waals surface area contributed by atoms with E-state index < -0.39 is 0 Å². The van der Waals surface area contributed by atoms with Crippen LogP contribution in [0.2, 0.25) is 0 Å². The predicted molar refractivity (Wildman–Crippen MR) is 175 cm³/mol. The van der Waals surface area contributed by atoms with E-state index in [9.17, 15) is 0 Å². The molecule has 202 valence electrons. The average Bonchev–Trinajstić information content (AvgIpc) is 3.79. The largest absolute Gasteiger partial charge is 0.316 e. The first-order chi connectivity index (χ1) is 21.3. The summed E-state index contributed by atoms with van der Waals surface area (Å²) < 4.78 is 6.68. The van der Waals surface area contributed by atoms with Gasteiger partial charge in [0.1, 0.15) is 5.69 Å². The molecule has 5 aromatic carbocycles. The highest BCUT2D eigenvalue weighted by Gasteiger charge is 2.21. The van der Waals surface area contributed by atoms with E-state index in [2.05, 4.69) is 147 Å². The van der Waals surface area contributed by atoms with E-state index in [0.717, 1.165) is 55.6 Å². The molecule has 0 atom stereocenters. The fraction of sp³-hybridized carbons (Fsp3) is 0. The molecule has 0 aliphatic heterocycles. The number of para-hydroxylation sites is 3. The van der Waals surface area contributed by atoms with Crippen LogP contribution in [0.4, 0.5) is 0 Å². The van der Waals surface area contributed by atoms with Crippen LogP contribution in [0.15, 0.2) is 152 Å². The minimum Gasteiger partial charge on any atom is -0.316 e. The van der Waals surface area contributed by atoms with Crippen LogP contribution in [-0.2, 0) is 0 Å². The van der Waals surface area contributed by atoms with Crippen molar-refractivity contribution in [2.45, 2.75) is 0 Å². The minimum atomic E-state index is 0.656. The van der Waals surface area contributed by atoms with Crippen LogP contribution >= 0.6 is 0 Å². The molecule has 0 saturated carbocycles. The molecule has 4 aromatic heterocycles. The topological polar surface area (TPSA) is 40.6 Å². The Kier molecular flexibility index (Phi) is 5.13. The molecule has 9 aromatic rings. The zero-order valence-electron chi connectivity index (χ0n) is 23.2. The Labute approximate surface area is 247 Å². The van der Waals surface area contributed by atoms with Crippen LogP contribution in [0.3, 0.4) is 0 Å². The summed E-state index contributed by atoms with van der Waals surface area (Å²) in [5.41, 5.74) is 9.37. The van der Waals surface area contributed by atoms with Gasteiger partial charge in [-0.15, -0.1) is 0 Å². The second-order valence-corrected chi connectivity index (χ2v) is 10.8. The molecule has 0 fully saturated rings. The van der Waals surface area contributed by atoms with Crippen molar-refractivity contribution < 1.29 is 0 Å². The van der Waals surface area contributed by atoms with Gasteiger partial charge in [0.2, 0.25) is 5.95 Å². The third kappa shape index (κ3) is 3.58. The Hall–Kier alpha value is -5.94. The highest BCUT2D eigenvalue weighted by Crippen LogP contribution is 2.38. The van der Waals surface area contributed by atoms with Crippen LogP contribution in [-0.4, -0.2) is 23.7 Å². The Balaban J connectivity index is 1.39. The van der Waals surface area contributed by atoms with E-state index in [-0.39, 0.29) is 0 Å². The van der Waals surface area contributed by atoms with Crippen molar-refractivity contribution >= 4 is 43.7 Å². The molecule has 4 heterocycles. The highest BCUT2D eigenvalue weighted by molar-refractivity contribution is 6.18. The second kappa shape index (κ2) is 9.29. The molecule has 0 amide bonds. The van der Waals surface area contributed by atoms with Crippen LogP contribution < -0.4 is 0 Å². The molecule has 5 heteroatoms. The lowest BCUT2D eigenvalue weighted by Crippen LogP contribution is -2.05. The van der Waals surface area contributed by atoms with Gasteiger partial charge < -0.3 is 9.13 Å². The Morgan fingerprint density at radius 1 is 0.419 bits per heavy atom. The quantitative estimate of drug-likeness (QED) is 0.219.